The number of nitrogen functional groups attached to an aromatic ring is 1. The highest BCUT2D eigenvalue weighted by atomic mass is 35.5. The lowest BCUT2D eigenvalue weighted by Crippen LogP contribution is -2.33. The molecule has 0 bridgehead atoms. The molecule has 5 heteroatoms. The van der Waals surface area contributed by atoms with Crippen molar-refractivity contribution in [3.05, 3.63) is 28.8 Å². The van der Waals surface area contributed by atoms with Crippen molar-refractivity contribution >= 4 is 23.2 Å². The highest BCUT2D eigenvalue weighted by Gasteiger charge is 2.16. The van der Waals surface area contributed by atoms with E-state index in [0.29, 0.717) is 17.3 Å². The van der Waals surface area contributed by atoms with Crippen molar-refractivity contribution in [2.45, 2.75) is 32.9 Å². The van der Waals surface area contributed by atoms with Crippen LogP contribution >= 0.6 is 11.6 Å². The molecule has 1 aromatic carbocycles. The molecule has 0 aliphatic heterocycles. The Labute approximate surface area is 119 Å². The van der Waals surface area contributed by atoms with Crippen molar-refractivity contribution in [3.63, 3.8) is 0 Å². The Kier molecular flexibility index (Phi) is 5.20. The first kappa shape index (κ1) is 15.8. The summed E-state index contributed by atoms with van der Waals surface area (Å²) in [6.07, 6.45) is 0. The zero-order chi connectivity index (χ0) is 14.6. The molecule has 2 N–H and O–H groups in total. The maximum atomic E-state index is 11.9. The van der Waals surface area contributed by atoms with E-state index in [2.05, 4.69) is 0 Å². The fourth-order valence-corrected chi connectivity index (χ4v) is 1.63. The van der Waals surface area contributed by atoms with Crippen LogP contribution in [0.25, 0.3) is 0 Å². The molecule has 1 aromatic rings. The van der Waals surface area contributed by atoms with Gasteiger partial charge in [0.1, 0.15) is 6.61 Å². The van der Waals surface area contributed by atoms with Crippen LogP contribution in [0.2, 0.25) is 5.02 Å². The van der Waals surface area contributed by atoms with Gasteiger partial charge in [-0.2, -0.15) is 0 Å². The molecule has 0 atom stereocenters. The van der Waals surface area contributed by atoms with Gasteiger partial charge in [-0.25, -0.2) is 0 Å². The molecule has 0 radical (unpaired) electrons. The number of carbonyl (C=O) groups excluding carboxylic acids is 1. The minimum Gasteiger partial charge on any atom is -0.399 e. The van der Waals surface area contributed by atoms with E-state index in [4.69, 9.17) is 22.1 Å². The summed E-state index contributed by atoms with van der Waals surface area (Å²) < 4.78 is 5.46. The summed E-state index contributed by atoms with van der Waals surface area (Å²) in [5.74, 6) is -0.0894. The largest absolute Gasteiger partial charge is 0.399 e. The Morgan fingerprint density at radius 3 is 2.63 bits per heavy atom. The molecule has 1 rings (SSSR count). The van der Waals surface area contributed by atoms with Crippen LogP contribution in [0.1, 0.15) is 26.3 Å². The topological polar surface area (TPSA) is 55.6 Å². The quantitative estimate of drug-likeness (QED) is 0.865. The third-order valence-corrected chi connectivity index (χ3v) is 2.90. The summed E-state index contributed by atoms with van der Waals surface area (Å²) in [5, 5.41) is 0.602. The minimum absolute atomic E-state index is 0.0555. The highest BCUT2D eigenvalue weighted by Crippen LogP contribution is 2.20. The van der Waals surface area contributed by atoms with Gasteiger partial charge in [-0.15, -0.1) is 0 Å². The third kappa shape index (κ3) is 5.49. The van der Waals surface area contributed by atoms with Gasteiger partial charge in [-0.3, -0.25) is 4.79 Å². The van der Waals surface area contributed by atoms with Crippen LogP contribution in [-0.4, -0.2) is 30.1 Å². The molecule has 0 heterocycles. The van der Waals surface area contributed by atoms with Gasteiger partial charge in [0.15, 0.2) is 0 Å². The molecule has 0 unspecified atom stereocenters. The molecular formula is C14H21ClN2O2. The molecular weight excluding hydrogens is 264 g/mol. The molecule has 0 spiro atoms. The first-order chi connectivity index (χ1) is 8.69. The average Bonchev–Trinajstić information content (AvgIpc) is 2.29. The van der Waals surface area contributed by atoms with E-state index in [-0.39, 0.29) is 18.1 Å². The second-order valence-electron chi connectivity index (χ2n) is 5.50. The van der Waals surface area contributed by atoms with E-state index in [1.54, 1.807) is 30.1 Å². The lowest BCUT2D eigenvalue weighted by molar-refractivity contribution is -0.140. The standard InChI is InChI=1S/C14H21ClN2O2/c1-14(2,3)19-9-13(18)17(4)8-10-7-11(16)5-6-12(10)15/h5-7H,8-9,16H2,1-4H3. The number of hydrogen-bond acceptors (Lipinski definition) is 3. The molecule has 19 heavy (non-hydrogen) atoms. The minimum atomic E-state index is -0.328. The summed E-state index contributed by atoms with van der Waals surface area (Å²) in [5.41, 5.74) is 6.84. The van der Waals surface area contributed by atoms with Crippen molar-refractivity contribution in [1.82, 2.24) is 4.90 Å². The number of benzene rings is 1. The van der Waals surface area contributed by atoms with Crippen LogP contribution in [-0.2, 0) is 16.1 Å². The monoisotopic (exact) mass is 284 g/mol. The predicted octanol–water partition coefficient (Wildman–Crippen LogP) is 2.70. The molecule has 0 saturated heterocycles. The molecule has 0 fully saturated rings. The Morgan fingerprint density at radius 1 is 1.42 bits per heavy atom. The van der Waals surface area contributed by atoms with E-state index in [0.717, 1.165) is 5.56 Å². The van der Waals surface area contributed by atoms with Gasteiger partial charge in [0.2, 0.25) is 5.91 Å². The second kappa shape index (κ2) is 6.26. The van der Waals surface area contributed by atoms with Crippen LogP contribution in [0.5, 0.6) is 0 Å². The summed E-state index contributed by atoms with van der Waals surface area (Å²) in [4.78, 5) is 13.5. The Balaban J connectivity index is 2.61. The molecule has 0 saturated carbocycles. The zero-order valence-corrected chi connectivity index (χ0v) is 12.6. The number of nitrogens with two attached hydrogens (primary N) is 1. The fraction of sp³-hybridized carbons (Fsp3) is 0.500. The van der Waals surface area contributed by atoms with Crippen LogP contribution in [0, 0.1) is 0 Å². The van der Waals surface area contributed by atoms with E-state index in [1.807, 2.05) is 20.8 Å². The number of hydrogen-bond donors (Lipinski definition) is 1. The number of nitrogens with zero attached hydrogens (tertiary/aromatic N) is 1. The average molecular weight is 285 g/mol. The van der Waals surface area contributed by atoms with Gasteiger partial charge in [-0.1, -0.05) is 11.6 Å². The highest BCUT2D eigenvalue weighted by molar-refractivity contribution is 6.31. The van der Waals surface area contributed by atoms with Crippen molar-refractivity contribution in [3.8, 4) is 0 Å². The van der Waals surface area contributed by atoms with Gasteiger partial charge in [0.25, 0.3) is 0 Å². The van der Waals surface area contributed by atoms with Crippen molar-refractivity contribution in [2.75, 3.05) is 19.4 Å². The van der Waals surface area contributed by atoms with Gasteiger partial charge in [0, 0.05) is 24.3 Å². The molecule has 4 nitrogen and oxygen atoms in total. The van der Waals surface area contributed by atoms with Gasteiger partial charge >= 0.3 is 0 Å². The van der Waals surface area contributed by atoms with Crippen LogP contribution in [0.15, 0.2) is 18.2 Å². The summed E-state index contributed by atoms with van der Waals surface area (Å²) >= 11 is 6.07. The molecule has 0 aliphatic carbocycles. The number of rotatable bonds is 4. The number of anilines is 1. The van der Waals surface area contributed by atoms with E-state index in [1.165, 1.54) is 0 Å². The normalized spacial score (nSPS) is 11.4. The Bertz CT molecular complexity index is 455. The third-order valence-electron chi connectivity index (χ3n) is 2.53. The second-order valence-corrected chi connectivity index (χ2v) is 5.91. The van der Waals surface area contributed by atoms with Crippen molar-refractivity contribution in [1.29, 1.82) is 0 Å². The van der Waals surface area contributed by atoms with Crippen molar-refractivity contribution < 1.29 is 9.53 Å². The number of amides is 1. The summed E-state index contributed by atoms with van der Waals surface area (Å²) in [6.45, 7) is 6.20. The van der Waals surface area contributed by atoms with Gasteiger partial charge in [0.05, 0.1) is 5.60 Å². The van der Waals surface area contributed by atoms with Crippen LogP contribution < -0.4 is 5.73 Å². The predicted molar refractivity (Wildman–Crippen MR) is 78.0 cm³/mol. The smallest absolute Gasteiger partial charge is 0.248 e. The Hall–Kier alpha value is -1.26. The SMILES string of the molecule is CN(Cc1cc(N)ccc1Cl)C(=O)COC(C)(C)C. The molecule has 1 amide bonds. The van der Waals surface area contributed by atoms with Crippen LogP contribution in [0.4, 0.5) is 5.69 Å². The molecule has 0 aromatic heterocycles. The lowest BCUT2D eigenvalue weighted by Gasteiger charge is -2.23. The molecule has 0 aliphatic rings. The fourth-order valence-electron chi connectivity index (χ4n) is 1.45. The zero-order valence-electron chi connectivity index (χ0n) is 11.9. The molecule has 106 valence electrons. The van der Waals surface area contributed by atoms with Crippen LogP contribution in [0.3, 0.4) is 0 Å². The summed E-state index contributed by atoms with van der Waals surface area (Å²) in [6, 6.07) is 5.24. The van der Waals surface area contributed by atoms with Gasteiger partial charge in [-0.05, 0) is 44.5 Å². The summed E-state index contributed by atoms with van der Waals surface area (Å²) in [7, 11) is 1.72. The maximum absolute atomic E-state index is 11.9. The maximum Gasteiger partial charge on any atom is 0.248 e. The van der Waals surface area contributed by atoms with Crippen molar-refractivity contribution in [2.24, 2.45) is 0 Å². The van der Waals surface area contributed by atoms with E-state index >= 15 is 0 Å². The number of carbonyl (C=O) groups is 1. The first-order valence-corrected chi connectivity index (χ1v) is 6.48. The van der Waals surface area contributed by atoms with E-state index < -0.39 is 0 Å². The number of likely N-dealkylation sites (N-methyl/N-ethyl adjacent to an activating group) is 1. The Morgan fingerprint density at radius 2 is 2.05 bits per heavy atom. The lowest BCUT2D eigenvalue weighted by atomic mass is 10.2. The van der Waals surface area contributed by atoms with Gasteiger partial charge < -0.3 is 15.4 Å². The first-order valence-electron chi connectivity index (χ1n) is 6.11. The van der Waals surface area contributed by atoms with E-state index in [9.17, 15) is 4.79 Å². The number of halogens is 1. The number of ether oxygens (including phenoxy) is 1.